The first-order valence-corrected chi connectivity index (χ1v) is 20.4. The van der Waals surface area contributed by atoms with Crippen molar-refractivity contribution < 1.29 is 19.7 Å². The van der Waals surface area contributed by atoms with E-state index in [-0.39, 0.29) is 23.2 Å². The van der Waals surface area contributed by atoms with Crippen LogP contribution in [0.2, 0.25) is 0 Å². The fourth-order valence-electron chi connectivity index (χ4n) is 6.41. The Morgan fingerprint density at radius 2 is 1.03 bits per heavy atom. The lowest BCUT2D eigenvalue weighted by Gasteiger charge is -2.25. The summed E-state index contributed by atoms with van der Waals surface area (Å²) >= 11 is 0. The molecule has 316 valence electrons. The third-order valence-electron chi connectivity index (χ3n) is 9.47. The molecule has 8 aromatic rings. The van der Waals surface area contributed by atoms with Gasteiger partial charge in [0.1, 0.15) is 41.4 Å². The van der Waals surface area contributed by atoms with Gasteiger partial charge in [0, 0.05) is 36.6 Å². The Kier molecular flexibility index (Phi) is 15.3. The topological polar surface area (TPSA) is 199 Å². The summed E-state index contributed by atoms with van der Waals surface area (Å²) in [5.74, 6) is 1.23. The quantitative estimate of drug-likeness (QED) is 0.124. The number of hydrogen-bond acceptors (Lipinski definition) is 12. The van der Waals surface area contributed by atoms with Crippen molar-refractivity contribution in [2.45, 2.75) is 73.3 Å². The number of amides is 1. The van der Waals surface area contributed by atoms with Gasteiger partial charge in [0.25, 0.3) is 0 Å². The monoisotopic (exact) mass is 821 g/mol. The number of aromatic nitrogens is 6. The van der Waals surface area contributed by atoms with E-state index in [1.807, 2.05) is 95.3 Å². The number of ether oxygens (including phenoxy) is 1. The van der Waals surface area contributed by atoms with E-state index in [1.165, 1.54) is 31.9 Å². The van der Waals surface area contributed by atoms with E-state index >= 15 is 0 Å². The van der Waals surface area contributed by atoms with Crippen LogP contribution in [0.1, 0.15) is 67.7 Å². The molecule has 0 aliphatic carbocycles. The lowest BCUT2D eigenvalue weighted by Crippen LogP contribution is -2.36. The minimum atomic E-state index is -0.389. The van der Waals surface area contributed by atoms with Gasteiger partial charge in [-0.2, -0.15) is 0 Å². The van der Waals surface area contributed by atoms with E-state index in [1.54, 1.807) is 41.6 Å². The number of hydrogen-bond donors (Lipinski definition) is 4. The predicted molar refractivity (Wildman–Crippen MR) is 247 cm³/mol. The Labute approximate surface area is 356 Å². The summed E-state index contributed by atoms with van der Waals surface area (Å²) in [4.78, 5) is 38.3. The molecule has 0 saturated heterocycles. The predicted octanol–water partition coefficient (Wildman–Crippen LogP) is 10.7. The van der Waals surface area contributed by atoms with E-state index in [4.69, 9.17) is 16.2 Å². The van der Waals surface area contributed by atoms with Crippen LogP contribution in [0.3, 0.4) is 0 Å². The van der Waals surface area contributed by atoms with Gasteiger partial charge in [-0.05, 0) is 92.6 Å². The SMILES string of the molecule is CCCCC.CCN(CC)C(=O)OC(C)(C)C.Nc1ncnc2cc(-c3cc(O)cc4ccccc34)ncc12.Nc1ncnc2cc(-c3cc(O)cc4ccccc34)ncc12. The molecule has 4 aromatic heterocycles. The molecule has 13 nitrogen and oxygen atoms in total. The maximum absolute atomic E-state index is 11.3. The molecule has 4 heterocycles. The number of phenols is 2. The summed E-state index contributed by atoms with van der Waals surface area (Å²) in [6.45, 7) is 15.3. The molecule has 0 aliphatic heterocycles. The van der Waals surface area contributed by atoms with Crippen molar-refractivity contribution in [2.75, 3.05) is 24.6 Å². The highest BCUT2D eigenvalue weighted by molar-refractivity contribution is 6.00. The zero-order valence-corrected chi connectivity index (χ0v) is 35.9. The Balaban J connectivity index is 0.000000171. The van der Waals surface area contributed by atoms with Gasteiger partial charge in [0.05, 0.1) is 33.2 Å². The molecule has 0 unspecified atom stereocenters. The molecule has 6 N–H and O–H groups in total. The van der Waals surface area contributed by atoms with Crippen molar-refractivity contribution in [3.8, 4) is 34.0 Å². The highest BCUT2D eigenvalue weighted by atomic mass is 16.6. The zero-order chi connectivity index (χ0) is 44.1. The van der Waals surface area contributed by atoms with Crippen LogP contribution in [0.4, 0.5) is 16.4 Å². The number of carbonyl (C=O) groups is 1. The van der Waals surface area contributed by atoms with Gasteiger partial charge in [-0.1, -0.05) is 81.6 Å². The summed E-state index contributed by atoms with van der Waals surface area (Å²) < 4.78 is 5.17. The molecule has 0 radical (unpaired) electrons. The lowest BCUT2D eigenvalue weighted by atomic mass is 10.0. The summed E-state index contributed by atoms with van der Waals surface area (Å²) in [5.41, 5.74) is 15.9. The number of unbranched alkanes of at least 4 members (excludes halogenated alkanes) is 2. The highest BCUT2D eigenvalue weighted by Gasteiger charge is 2.19. The van der Waals surface area contributed by atoms with E-state index in [0.29, 0.717) is 24.7 Å². The number of aromatic hydroxyl groups is 2. The molecular weight excluding hydrogens is 767 g/mol. The van der Waals surface area contributed by atoms with E-state index in [2.05, 4.69) is 43.8 Å². The number of fused-ring (bicyclic) bond motifs is 4. The molecule has 4 aromatic carbocycles. The second kappa shape index (κ2) is 20.7. The highest BCUT2D eigenvalue weighted by Crippen LogP contribution is 2.34. The fraction of sp³-hybridized carbons (Fsp3) is 0.271. The molecule has 61 heavy (non-hydrogen) atoms. The maximum Gasteiger partial charge on any atom is 0.410 e. The number of nitrogens with zero attached hydrogens (tertiary/aromatic N) is 7. The van der Waals surface area contributed by atoms with E-state index in [0.717, 1.165) is 65.9 Å². The molecule has 0 aliphatic rings. The number of rotatable bonds is 6. The van der Waals surface area contributed by atoms with Crippen LogP contribution >= 0.6 is 0 Å². The molecule has 1 amide bonds. The van der Waals surface area contributed by atoms with Gasteiger partial charge >= 0.3 is 6.09 Å². The molecule has 0 saturated carbocycles. The molecule has 0 spiro atoms. The van der Waals surface area contributed by atoms with Crippen molar-refractivity contribution in [3.63, 3.8) is 0 Å². The Morgan fingerprint density at radius 1 is 0.607 bits per heavy atom. The largest absolute Gasteiger partial charge is 0.508 e. The minimum absolute atomic E-state index is 0.206. The summed E-state index contributed by atoms with van der Waals surface area (Å²) in [7, 11) is 0. The minimum Gasteiger partial charge on any atom is -0.508 e. The van der Waals surface area contributed by atoms with Gasteiger partial charge < -0.3 is 31.3 Å². The fourth-order valence-corrected chi connectivity index (χ4v) is 6.41. The van der Waals surface area contributed by atoms with Crippen molar-refractivity contribution in [2.24, 2.45) is 0 Å². The number of nitrogens with two attached hydrogens (primary N) is 2. The summed E-state index contributed by atoms with van der Waals surface area (Å²) in [6, 6.07) is 26.3. The third kappa shape index (κ3) is 11.7. The second-order valence-corrected chi connectivity index (χ2v) is 15.1. The number of carbonyl (C=O) groups excluding carboxylic acids is 1. The van der Waals surface area contributed by atoms with E-state index in [9.17, 15) is 15.0 Å². The number of pyridine rings is 2. The van der Waals surface area contributed by atoms with Crippen LogP contribution in [-0.2, 0) is 4.74 Å². The smallest absolute Gasteiger partial charge is 0.410 e. The lowest BCUT2D eigenvalue weighted by molar-refractivity contribution is 0.0270. The first-order chi connectivity index (χ1) is 29.3. The normalized spacial score (nSPS) is 10.9. The molecule has 0 bridgehead atoms. The maximum atomic E-state index is 11.3. The van der Waals surface area contributed by atoms with Gasteiger partial charge in [-0.15, -0.1) is 0 Å². The van der Waals surface area contributed by atoms with Crippen LogP contribution < -0.4 is 11.5 Å². The number of phenolic OH excluding ortho intramolecular Hbond substituents is 2. The Morgan fingerprint density at radius 3 is 1.41 bits per heavy atom. The first kappa shape index (κ1) is 44.9. The third-order valence-corrected chi connectivity index (χ3v) is 9.47. The summed E-state index contributed by atoms with van der Waals surface area (Å²) in [5, 5.41) is 25.3. The summed E-state index contributed by atoms with van der Waals surface area (Å²) in [6.07, 6.45) is 10.0. The second-order valence-electron chi connectivity index (χ2n) is 15.1. The molecule has 0 fully saturated rings. The van der Waals surface area contributed by atoms with Gasteiger partial charge in [0.15, 0.2) is 0 Å². The molecule has 8 rings (SSSR count). The van der Waals surface area contributed by atoms with Crippen molar-refractivity contribution in [1.29, 1.82) is 0 Å². The van der Waals surface area contributed by atoms with Gasteiger partial charge in [-0.25, -0.2) is 24.7 Å². The standard InChI is InChI=1S/2C17H12N4O.C9H19NO2.C5H12/c2*18-17-14-8-19-15(7-16(14)20-9-21-17)13-6-11(22)5-10-3-1-2-4-12(10)13;1-6-10(7-2)8(11)12-9(3,4)5;1-3-5-4-2/h2*1-9,22H,(H2,18,20,21);6-7H2,1-5H3;3-5H2,1-2H3. The van der Waals surface area contributed by atoms with Crippen LogP contribution in [0, 0.1) is 0 Å². The van der Waals surface area contributed by atoms with E-state index < -0.39 is 0 Å². The average molecular weight is 822 g/mol. The van der Waals surface area contributed by atoms with Gasteiger partial charge in [0.2, 0.25) is 0 Å². The zero-order valence-electron chi connectivity index (χ0n) is 35.9. The molecule has 13 heteroatoms. The van der Waals surface area contributed by atoms with Gasteiger partial charge in [-0.3, -0.25) is 9.97 Å². The van der Waals surface area contributed by atoms with Crippen molar-refractivity contribution >= 4 is 61.1 Å². The van der Waals surface area contributed by atoms with Crippen LogP contribution in [0.25, 0.3) is 65.9 Å². The number of benzene rings is 4. The number of anilines is 2. The van der Waals surface area contributed by atoms with Crippen molar-refractivity contribution in [3.05, 3.63) is 110 Å². The van der Waals surface area contributed by atoms with Crippen LogP contribution in [0.15, 0.2) is 110 Å². The van der Waals surface area contributed by atoms with Crippen LogP contribution in [-0.4, -0.2) is 69.8 Å². The van der Waals surface area contributed by atoms with Crippen molar-refractivity contribution in [1.82, 2.24) is 34.8 Å². The first-order valence-electron chi connectivity index (χ1n) is 20.4. The molecular formula is C48H55N9O4. The molecule has 0 atom stereocenters. The average Bonchev–Trinajstić information content (AvgIpc) is 3.24. The Hall–Kier alpha value is -7.15. The Bertz CT molecular complexity index is 2560. The van der Waals surface area contributed by atoms with Crippen LogP contribution in [0.5, 0.6) is 11.5 Å². The number of nitrogen functional groups attached to an aromatic ring is 2.